The Balaban J connectivity index is 1.99. The molecule has 1 aromatic heterocycles. The van der Waals surface area contributed by atoms with Crippen molar-refractivity contribution in [2.24, 2.45) is 0 Å². The third-order valence-corrected chi connectivity index (χ3v) is 4.04. The van der Waals surface area contributed by atoms with Crippen molar-refractivity contribution in [3.8, 4) is 11.5 Å². The molecule has 1 N–H and O–H groups in total. The van der Waals surface area contributed by atoms with Crippen LogP contribution in [0, 0.1) is 0 Å². The summed E-state index contributed by atoms with van der Waals surface area (Å²) in [7, 11) is 0. The molecule has 0 bridgehead atoms. The summed E-state index contributed by atoms with van der Waals surface area (Å²) in [6.45, 7) is 4.13. The van der Waals surface area contributed by atoms with Crippen molar-refractivity contribution in [3.05, 3.63) is 52.3 Å². The first-order valence-electron chi connectivity index (χ1n) is 7.03. The lowest BCUT2D eigenvalue weighted by Gasteiger charge is -2.23. The lowest BCUT2D eigenvalue weighted by Crippen LogP contribution is -2.24. The number of hydrogen-bond donors (Lipinski definition) is 1. The number of nitrogens with one attached hydrogen (secondary N) is 1. The summed E-state index contributed by atoms with van der Waals surface area (Å²) in [5, 5.41) is 3.47. The maximum atomic E-state index is 5.67. The van der Waals surface area contributed by atoms with E-state index >= 15 is 0 Å². The van der Waals surface area contributed by atoms with Gasteiger partial charge in [0.15, 0.2) is 11.5 Å². The molecule has 3 rings (SSSR count). The summed E-state index contributed by atoms with van der Waals surface area (Å²) < 4.78 is 12.2. The second-order valence-corrected chi connectivity index (χ2v) is 5.62. The number of hydrogen-bond acceptors (Lipinski definition) is 4. The summed E-state index contributed by atoms with van der Waals surface area (Å²) in [6, 6.07) is 9.99. The molecule has 0 amide bonds. The van der Waals surface area contributed by atoms with Gasteiger partial charge in [0.05, 0.1) is 11.7 Å². The standard InChI is InChI=1S/C16H17BrN2O2/c1-2-18-15(16-12(17)4-3-7-19-16)11-5-6-13-14(10-11)21-9-8-20-13/h3-7,10,15,18H,2,8-9H2,1H3. The van der Waals surface area contributed by atoms with Gasteiger partial charge in [-0.3, -0.25) is 4.98 Å². The zero-order chi connectivity index (χ0) is 14.7. The Morgan fingerprint density at radius 1 is 1.24 bits per heavy atom. The van der Waals surface area contributed by atoms with Crippen LogP contribution in [0.3, 0.4) is 0 Å². The van der Waals surface area contributed by atoms with Gasteiger partial charge >= 0.3 is 0 Å². The number of aromatic nitrogens is 1. The number of fused-ring (bicyclic) bond motifs is 1. The van der Waals surface area contributed by atoms with Gasteiger partial charge in [0, 0.05) is 10.7 Å². The van der Waals surface area contributed by atoms with E-state index in [1.165, 1.54) is 0 Å². The van der Waals surface area contributed by atoms with Gasteiger partial charge < -0.3 is 14.8 Å². The molecule has 1 aromatic carbocycles. The molecule has 0 saturated heterocycles. The van der Waals surface area contributed by atoms with E-state index in [0.29, 0.717) is 13.2 Å². The Morgan fingerprint density at radius 2 is 2.05 bits per heavy atom. The molecular formula is C16H17BrN2O2. The number of nitrogens with zero attached hydrogens (tertiary/aromatic N) is 1. The monoisotopic (exact) mass is 348 g/mol. The van der Waals surface area contributed by atoms with E-state index in [2.05, 4.69) is 39.2 Å². The largest absolute Gasteiger partial charge is 0.486 e. The first-order chi connectivity index (χ1) is 10.3. The van der Waals surface area contributed by atoms with Crippen LogP contribution in [-0.4, -0.2) is 24.7 Å². The van der Waals surface area contributed by atoms with Crippen molar-refractivity contribution in [1.82, 2.24) is 10.3 Å². The molecule has 2 heterocycles. The maximum absolute atomic E-state index is 5.67. The first kappa shape index (κ1) is 14.4. The fourth-order valence-corrected chi connectivity index (χ4v) is 2.91. The third-order valence-electron chi connectivity index (χ3n) is 3.37. The van der Waals surface area contributed by atoms with Crippen molar-refractivity contribution in [2.75, 3.05) is 19.8 Å². The van der Waals surface area contributed by atoms with Crippen LogP contribution in [0.25, 0.3) is 0 Å². The fourth-order valence-electron chi connectivity index (χ4n) is 2.43. The smallest absolute Gasteiger partial charge is 0.161 e. The number of ether oxygens (including phenoxy) is 2. The molecule has 0 spiro atoms. The SMILES string of the molecule is CCNC(c1ccc2c(c1)OCCO2)c1ncccc1Br. The van der Waals surface area contributed by atoms with Gasteiger partial charge in [0.25, 0.3) is 0 Å². The lowest BCUT2D eigenvalue weighted by atomic mass is 10.0. The minimum atomic E-state index is 0.0152. The fraction of sp³-hybridized carbons (Fsp3) is 0.312. The molecule has 1 aliphatic rings. The Hall–Kier alpha value is -1.59. The van der Waals surface area contributed by atoms with E-state index in [1.807, 2.05) is 30.5 Å². The van der Waals surface area contributed by atoms with Gasteiger partial charge in [0.2, 0.25) is 0 Å². The minimum absolute atomic E-state index is 0.0152. The molecule has 1 atom stereocenters. The molecule has 1 aliphatic heterocycles. The molecule has 21 heavy (non-hydrogen) atoms. The van der Waals surface area contributed by atoms with E-state index in [-0.39, 0.29) is 6.04 Å². The van der Waals surface area contributed by atoms with Gasteiger partial charge in [-0.25, -0.2) is 0 Å². The lowest BCUT2D eigenvalue weighted by molar-refractivity contribution is 0.171. The molecule has 2 aromatic rings. The highest BCUT2D eigenvalue weighted by atomic mass is 79.9. The van der Waals surface area contributed by atoms with Crippen LogP contribution >= 0.6 is 15.9 Å². The normalized spacial score (nSPS) is 14.8. The zero-order valence-electron chi connectivity index (χ0n) is 11.8. The van der Waals surface area contributed by atoms with Gasteiger partial charge in [-0.1, -0.05) is 13.0 Å². The van der Waals surface area contributed by atoms with Crippen molar-refractivity contribution in [1.29, 1.82) is 0 Å². The Morgan fingerprint density at radius 3 is 2.81 bits per heavy atom. The van der Waals surface area contributed by atoms with E-state index in [0.717, 1.165) is 33.8 Å². The molecule has 5 heteroatoms. The maximum Gasteiger partial charge on any atom is 0.161 e. The predicted molar refractivity (Wildman–Crippen MR) is 84.9 cm³/mol. The highest BCUT2D eigenvalue weighted by Crippen LogP contribution is 2.35. The molecule has 4 nitrogen and oxygen atoms in total. The van der Waals surface area contributed by atoms with Crippen LogP contribution in [0.2, 0.25) is 0 Å². The van der Waals surface area contributed by atoms with Crippen LogP contribution in [0.4, 0.5) is 0 Å². The van der Waals surface area contributed by atoms with E-state index in [4.69, 9.17) is 9.47 Å². The second-order valence-electron chi connectivity index (χ2n) is 4.76. The number of rotatable bonds is 4. The summed E-state index contributed by atoms with van der Waals surface area (Å²) in [5.74, 6) is 1.61. The van der Waals surface area contributed by atoms with Gasteiger partial charge in [-0.2, -0.15) is 0 Å². The topological polar surface area (TPSA) is 43.4 Å². The van der Waals surface area contributed by atoms with Gasteiger partial charge in [-0.15, -0.1) is 0 Å². The Kier molecular flexibility index (Phi) is 4.41. The van der Waals surface area contributed by atoms with Gasteiger partial charge in [0.1, 0.15) is 13.2 Å². The summed E-state index contributed by atoms with van der Waals surface area (Å²) in [6.07, 6.45) is 1.81. The van der Waals surface area contributed by atoms with Crippen molar-refractivity contribution in [2.45, 2.75) is 13.0 Å². The second kappa shape index (κ2) is 6.45. The Labute approximate surface area is 132 Å². The number of benzene rings is 1. The van der Waals surface area contributed by atoms with Crippen molar-refractivity contribution < 1.29 is 9.47 Å². The highest BCUT2D eigenvalue weighted by molar-refractivity contribution is 9.10. The number of pyridine rings is 1. The summed E-state index contributed by atoms with van der Waals surface area (Å²) in [4.78, 5) is 4.50. The molecular weight excluding hydrogens is 332 g/mol. The van der Waals surface area contributed by atoms with E-state index in [1.54, 1.807) is 0 Å². The van der Waals surface area contributed by atoms with Crippen LogP contribution < -0.4 is 14.8 Å². The predicted octanol–water partition coefficient (Wildman–Crippen LogP) is 3.31. The average molecular weight is 349 g/mol. The van der Waals surface area contributed by atoms with Gasteiger partial charge in [-0.05, 0) is 52.3 Å². The minimum Gasteiger partial charge on any atom is -0.486 e. The third kappa shape index (κ3) is 3.04. The van der Waals surface area contributed by atoms with Crippen LogP contribution in [0.15, 0.2) is 41.0 Å². The van der Waals surface area contributed by atoms with Crippen LogP contribution in [0.5, 0.6) is 11.5 Å². The molecule has 0 fully saturated rings. The average Bonchev–Trinajstić information content (AvgIpc) is 2.53. The summed E-state index contributed by atoms with van der Waals surface area (Å²) in [5.41, 5.74) is 2.08. The molecule has 1 unspecified atom stereocenters. The quantitative estimate of drug-likeness (QED) is 0.920. The van der Waals surface area contributed by atoms with Crippen LogP contribution in [-0.2, 0) is 0 Å². The van der Waals surface area contributed by atoms with E-state index < -0.39 is 0 Å². The van der Waals surface area contributed by atoms with E-state index in [9.17, 15) is 0 Å². The molecule has 0 radical (unpaired) electrons. The Bertz CT molecular complexity index is 633. The summed E-state index contributed by atoms with van der Waals surface area (Å²) >= 11 is 3.58. The molecule has 0 saturated carbocycles. The molecule has 0 aliphatic carbocycles. The van der Waals surface area contributed by atoms with Crippen molar-refractivity contribution >= 4 is 15.9 Å². The van der Waals surface area contributed by atoms with Crippen LogP contribution in [0.1, 0.15) is 24.2 Å². The highest BCUT2D eigenvalue weighted by Gasteiger charge is 2.20. The number of halogens is 1. The van der Waals surface area contributed by atoms with Crippen molar-refractivity contribution in [3.63, 3.8) is 0 Å². The zero-order valence-corrected chi connectivity index (χ0v) is 13.4. The first-order valence-corrected chi connectivity index (χ1v) is 7.82. The molecule has 110 valence electrons.